The van der Waals surface area contributed by atoms with E-state index < -0.39 is 22.8 Å². The molecule has 1 unspecified atom stereocenters. The zero-order chi connectivity index (χ0) is 23.3. The van der Waals surface area contributed by atoms with Gasteiger partial charge in [-0.25, -0.2) is 4.39 Å². The topological polar surface area (TPSA) is 131 Å². The molecule has 0 saturated heterocycles. The fraction of sp³-hybridized carbons (Fsp3) is 0.130. The standard InChI is InChI=1S/C23H21FN4O4.ClH/c1-32-21(23(29)27-13-14-8-10-15(11-9-14)22(25)26)20-18(6-3-7-19(20)24)16-4-2-5-17(12-16)28(30)31;/h2-12,21H,13H2,1H3,(H3,25,26)(H,27,29);1H. The highest BCUT2D eigenvalue weighted by atomic mass is 35.5. The molecule has 0 spiro atoms. The predicted molar refractivity (Wildman–Crippen MR) is 125 cm³/mol. The molecule has 0 fully saturated rings. The highest BCUT2D eigenvalue weighted by molar-refractivity contribution is 5.94. The lowest BCUT2D eigenvalue weighted by Crippen LogP contribution is -2.31. The van der Waals surface area contributed by atoms with E-state index in [4.69, 9.17) is 15.9 Å². The first-order chi connectivity index (χ1) is 15.3. The third-order valence-electron chi connectivity index (χ3n) is 4.89. The van der Waals surface area contributed by atoms with Crippen LogP contribution >= 0.6 is 12.4 Å². The largest absolute Gasteiger partial charge is 0.384 e. The molecule has 33 heavy (non-hydrogen) atoms. The highest BCUT2D eigenvalue weighted by Gasteiger charge is 2.27. The number of nitrogens with zero attached hydrogens (tertiary/aromatic N) is 1. The second-order valence-corrected chi connectivity index (χ2v) is 6.95. The fourth-order valence-corrected chi connectivity index (χ4v) is 3.28. The van der Waals surface area contributed by atoms with Crippen LogP contribution in [0.2, 0.25) is 0 Å². The molecule has 0 radical (unpaired) electrons. The average Bonchev–Trinajstić information content (AvgIpc) is 2.79. The Labute approximate surface area is 195 Å². The molecule has 0 heterocycles. The zero-order valence-corrected chi connectivity index (χ0v) is 18.4. The SMILES string of the molecule is COC(C(=O)NCc1ccc(C(=N)N)cc1)c1c(F)cccc1-c1cccc([N+](=O)[O-])c1.Cl. The van der Waals surface area contributed by atoms with E-state index in [2.05, 4.69) is 5.32 Å². The van der Waals surface area contributed by atoms with Crippen LogP contribution in [0.5, 0.6) is 0 Å². The smallest absolute Gasteiger partial charge is 0.270 e. The number of nitrogens with one attached hydrogen (secondary N) is 2. The summed E-state index contributed by atoms with van der Waals surface area (Å²) < 4.78 is 20.2. The second-order valence-electron chi connectivity index (χ2n) is 6.95. The van der Waals surface area contributed by atoms with Crippen LogP contribution < -0.4 is 11.1 Å². The predicted octanol–water partition coefficient (Wildman–Crippen LogP) is 4.11. The monoisotopic (exact) mass is 472 g/mol. The van der Waals surface area contributed by atoms with Gasteiger partial charge in [-0.1, -0.05) is 48.5 Å². The number of carbonyl (C=O) groups is 1. The van der Waals surface area contributed by atoms with Gasteiger partial charge in [-0.05, 0) is 22.8 Å². The molecule has 10 heteroatoms. The molecule has 4 N–H and O–H groups in total. The number of non-ortho nitro benzene ring substituents is 1. The first-order valence-corrected chi connectivity index (χ1v) is 9.59. The number of nitro groups is 1. The first-order valence-electron chi connectivity index (χ1n) is 9.59. The van der Waals surface area contributed by atoms with Gasteiger partial charge in [0.15, 0.2) is 6.10 Å². The lowest BCUT2D eigenvalue weighted by Gasteiger charge is -2.20. The Morgan fingerprint density at radius 3 is 2.45 bits per heavy atom. The minimum Gasteiger partial charge on any atom is -0.384 e. The molecule has 1 amide bonds. The lowest BCUT2D eigenvalue weighted by molar-refractivity contribution is -0.384. The van der Waals surface area contributed by atoms with Crippen molar-refractivity contribution in [2.45, 2.75) is 12.6 Å². The normalized spacial score (nSPS) is 11.2. The summed E-state index contributed by atoms with van der Waals surface area (Å²) >= 11 is 0. The first kappa shape index (κ1) is 25.4. The van der Waals surface area contributed by atoms with E-state index in [9.17, 15) is 19.3 Å². The summed E-state index contributed by atoms with van der Waals surface area (Å²) in [5.41, 5.74) is 7.30. The molecule has 172 valence electrons. The summed E-state index contributed by atoms with van der Waals surface area (Å²) in [5, 5.41) is 21.3. The molecule has 0 bridgehead atoms. The summed E-state index contributed by atoms with van der Waals surface area (Å²) in [6.45, 7) is 0.150. The number of hydrogen-bond donors (Lipinski definition) is 3. The molecule has 0 aromatic heterocycles. The van der Waals surface area contributed by atoms with Gasteiger partial charge >= 0.3 is 0 Å². The van der Waals surface area contributed by atoms with Gasteiger partial charge < -0.3 is 15.8 Å². The maximum Gasteiger partial charge on any atom is 0.270 e. The highest BCUT2D eigenvalue weighted by Crippen LogP contribution is 2.33. The Hall–Kier alpha value is -3.82. The molecule has 3 aromatic rings. The maximum absolute atomic E-state index is 14.8. The number of methoxy groups -OCH3 is 1. The van der Waals surface area contributed by atoms with E-state index in [0.29, 0.717) is 16.7 Å². The van der Waals surface area contributed by atoms with Gasteiger partial charge in [0.25, 0.3) is 11.6 Å². The number of carbonyl (C=O) groups excluding carboxylic acids is 1. The molecule has 0 aliphatic rings. The van der Waals surface area contributed by atoms with Crippen LogP contribution in [-0.2, 0) is 16.1 Å². The summed E-state index contributed by atoms with van der Waals surface area (Å²) in [4.78, 5) is 23.5. The fourth-order valence-electron chi connectivity index (χ4n) is 3.28. The van der Waals surface area contributed by atoms with Gasteiger partial charge in [0.2, 0.25) is 0 Å². The van der Waals surface area contributed by atoms with Crippen molar-refractivity contribution in [1.29, 1.82) is 5.41 Å². The van der Waals surface area contributed by atoms with Crippen molar-refractivity contribution in [1.82, 2.24) is 5.32 Å². The summed E-state index contributed by atoms with van der Waals surface area (Å²) in [6, 6.07) is 16.8. The summed E-state index contributed by atoms with van der Waals surface area (Å²) in [6.07, 6.45) is -1.28. The van der Waals surface area contributed by atoms with Gasteiger partial charge in [0, 0.05) is 36.9 Å². The molecule has 3 aromatic carbocycles. The third-order valence-corrected chi connectivity index (χ3v) is 4.89. The number of benzene rings is 3. The van der Waals surface area contributed by atoms with Crippen molar-refractivity contribution in [3.63, 3.8) is 0 Å². The van der Waals surface area contributed by atoms with Crippen LogP contribution in [0.25, 0.3) is 11.1 Å². The quantitative estimate of drug-likeness (QED) is 0.196. The van der Waals surface area contributed by atoms with Crippen molar-refractivity contribution < 1.29 is 18.8 Å². The number of nitro benzene ring substituents is 1. The van der Waals surface area contributed by atoms with E-state index in [1.165, 1.54) is 37.4 Å². The summed E-state index contributed by atoms with van der Waals surface area (Å²) in [7, 11) is 1.29. The van der Waals surface area contributed by atoms with E-state index in [-0.39, 0.29) is 36.0 Å². The second kappa shape index (κ2) is 11.2. The molecular formula is C23H22ClFN4O4. The number of nitrogen functional groups attached to an aromatic ring is 1. The maximum atomic E-state index is 14.8. The Balaban J connectivity index is 0.00000385. The number of nitrogens with two attached hydrogens (primary N) is 1. The van der Waals surface area contributed by atoms with Crippen molar-refractivity contribution in [2.24, 2.45) is 5.73 Å². The van der Waals surface area contributed by atoms with Crippen LogP contribution in [-0.4, -0.2) is 23.8 Å². The number of ether oxygens (including phenoxy) is 1. The summed E-state index contributed by atoms with van der Waals surface area (Å²) in [5.74, 6) is -1.30. The van der Waals surface area contributed by atoms with Crippen molar-refractivity contribution in [3.8, 4) is 11.1 Å². The van der Waals surface area contributed by atoms with E-state index in [1.807, 2.05) is 0 Å². The zero-order valence-electron chi connectivity index (χ0n) is 17.6. The number of amidine groups is 1. The Morgan fingerprint density at radius 1 is 1.18 bits per heavy atom. The van der Waals surface area contributed by atoms with Crippen LogP contribution in [0, 0.1) is 21.3 Å². The molecule has 0 aliphatic heterocycles. The number of amides is 1. The van der Waals surface area contributed by atoms with Crippen molar-refractivity contribution in [3.05, 3.63) is 99.4 Å². The van der Waals surface area contributed by atoms with Gasteiger partial charge in [0.05, 0.1) is 4.92 Å². The van der Waals surface area contributed by atoms with Crippen LogP contribution in [0.3, 0.4) is 0 Å². The van der Waals surface area contributed by atoms with E-state index in [0.717, 1.165) is 5.56 Å². The lowest BCUT2D eigenvalue weighted by atomic mass is 9.94. The number of rotatable bonds is 8. The number of halogens is 2. The van der Waals surface area contributed by atoms with E-state index in [1.54, 1.807) is 36.4 Å². The number of hydrogen-bond acceptors (Lipinski definition) is 5. The molecule has 3 rings (SSSR count). The van der Waals surface area contributed by atoms with Crippen molar-refractivity contribution in [2.75, 3.05) is 7.11 Å². The van der Waals surface area contributed by atoms with Gasteiger partial charge in [-0.15, -0.1) is 12.4 Å². The minimum atomic E-state index is -1.28. The van der Waals surface area contributed by atoms with Gasteiger partial charge in [0.1, 0.15) is 11.7 Å². The van der Waals surface area contributed by atoms with Crippen molar-refractivity contribution >= 4 is 29.8 Å². The third kappa shape index (κ3) is 5.91. The van der Waals surface area contributed by atoms with Crippen LogP contribution in [0.1, 0.15) is 22.8 Å². The van der Waals surface area contributed by atoms with Gasteiger partial charge in [-0.2, -0.15) is 0 Å². The Morgan fingerprint density at radius 2 is 1.85 bits per heavy atom. The Kier molecular flexibility index (Phi) is 8.61. The van der Waals surface area contributed by atoms with Crippen LogP contribution in [0.4, 0.5) is 10.1 Å². The van der Waals surface area contributed by atoms with Gasteiger partial charge in [-0.3, -0.25) is 20.3 Å². The average molecular weight is 473 g/mol. The molecule has 8 nitrogen and oxygen atoms in total. The Bertz CT molecular complexity index is 1170. The molecule has 0 saturated carbocycles. The minimum absolute atomic E-state index is 0. The van der Waals surface area contributed by atoms with E-state index >= 15 is 0 Å². The van der Waals surface area contributed by atoms with Crippen LogP contribution in [0.15, 0.2) is 66.7 Å². The molecular weight excluding hydrogens is 451 g/mol. The molecule has 0 aliphatic carbocycles. The molecule has 1 atom stereocenters.